The van der Waals surface area contributed by atoms with Crippen LogP contribution in [0.3, 0.4) is 0 Å². The smallest absolute Gasteiger partial charge is 0.275 e. The standard InChI is InChI=1S/C19H18N4O2/c24-17-7-3-6-16-13-8-12(10-23(16)17)9-22(11-13)19(25)18-14-4-1-2-5-15(14)20-21-18/h1-7,12-13H,8-11H2,(H,20,21). The Morgan fingerprint density at radius 3 is 2.88 bits per heavy atom. The average Bonchev–Trinajstić information content (AvgIpc) is 3.06. The lowest BCUT2D eigenvalue weighted by atomic mass is 9.83. The number of H-pyrrole nitrogens is 1. The van der Waals surface area contributed by atoms with Gasteiger partial charge in [-0.3, -0.25) is 14.7 Å². The highest BCUT2D eigenvalue weighted by Crippen LogP contribution is 2.35. The third-order valence-corrected chi connectivity index (χ3v) is 5.44. The van der Waals surface area contributed by atoms with Crippen LogP contribution in [0.25, 0.3) is 10.9 Å². The van der Waals surface area contributed by atoms with Crippen LogP contribution < -0.4 is 5.56 Å². The number of nitrogens with one attached hydrogen (secondary N) is 1. The van der Waals surface area contributed by atoms with E-state index in [1.54, 1.807) is 6.07 Å². The van der Waals surface area contributed by atoms with Crippen molar-refractivity contribution in [2.24, 2.45) is 5.92 Å². The zero-order valence-corrected chi connectivity index (χ0v) is 13.7. The lowest BCUT2D eigenvalue weighted by Gasteiger charge is -2.42. The normalized spacial score (nSPS) is 22.0. The number of carbonyl (C=O) groups is 1. The molecule has 2 aliphatic heterocycles. The van der Waals surface area contributed by atoms with E-state index in [-0.39, 0.29) is 17.4 Å². The zero-order valence-electron chi connectivity index (χ0n) is 13.7. The van der Waals surface area contributed by atoms with E-state index in [1.165, 1.54) is 0 Å². The second-order valence-electron chi connectivity index (χ2n) is 7.03. The van der Waals surface area contributed by atoms with Crippen molar-refractivity contribution in [1.82, 2.24) is 19.7 Å². The maximum Gasteiger partial charge on any atom is 0.275 e. The molecule has 1 fully saturated rings. The van der Waals surface area contributed by atoms with E-state index >= 15 is 0 Å². The van der Waals surface area contributed by atoms with Gasteiger partial charge in [0.25, 0.3) is 11.5 Å². The number of hydrogen-bond acceptors (Lipinski definition) is 3. The molecule has 2 aromatic heterocycles. The number of aromatic amines is 1. The first-order valence-electron chi connectivity index (χ1n) is 8.63. The van der Waals surface area contributed by atoms with Crippen molar-refractivity contribution in [2.75, 3.05) is 13.1 Å². The molecule has 2 unspecified atom stereocenters. The van der Waals surface area contributed by atoms with Gasteiger partial charge in [0.1, 0.15) is 0 Å². The van der Waals surface area contributed by atoms with Gasteiger partial charge < -0.3 is 9.47 Å². The van der Waals surface area contributed by atoms with Crippen LogP contribution in [0.4, 0.5) is 0 Å². The minimum atomic E-state index is -0.0288. The van der Waals surface area contributed by atoms with E-state index in [4.69, 9.17) is 0 Å². The van der Waals surface area contributed by atoms with Gasteiger partial charge in [0.15, 0.2) is 5.69 Å². The van der Waals surface area contributed by atoms with Crippen LogP contribution in [0.15, 0.2) is 47.3 Å². The highest BCUT2D eigenvalue weighted by Gasteiger charge is 2.37. The van der Waals surface area contributed by atoms with Crippen LogP contribution in [-0.4, -0.2) is 38.7 Å². The highest BCUT2D eigenvalue weighted by molar-refractivity contribution is 6.04. The lowest BCUT2D eigenvalue weighted by Crippen LogP contribution is -2.49. The number of fused-ring (bicyclic) bond motifs is 5. The van der Waals surface area contributed by atoms with Gasteiger partial charge in [-0.05, 0) is 24.5 Å². The number of amides is 1. The summed E-state index contributed by atoms with van der Waals surface area (Å²) in [6.45, 7) is 2.01. The number of benzene rings is 1. The van der Waals surface area contributed by atoms with Gasteiger partial charge in [-0.2, -0.15) is 5.10 Å². The van der Waals surface area contributed by atoms with E-state index in [0.717, 1.165) is 23.0 Å². The molecule has 0 saturated carbocycles. The van der Waals surface area contributed by atoms with Crippen molar-refractivity contribution in [1.29, 1.82) is 0 Å². The topological polar surface area (TPSA) is 71.0 Å². The van der Waals surface area contributed by atoms with Gasteiger partial charge in [-0.1, -0.05) is 24.3 Å². The molecule has 2 bridgehead atoms. The van der Waals surface area contributed by atoms with Gasteiger partial charge in [-0.25, -0.2) is 0 Å². The quantitative estimate of drug-likeness (QED) is 0.740. The minimum Gasteiger partial charge on any atom is -0.336 e. The molecule has 3 aromatic rings. The van der Waals surface area contributed by atoms with Gasteiger partial charge in [-0.15, -0.1) is 0 Å². The van der Waals surface area contributed by atoms with Crippen molar-refractivity contribution in [3.05, 3.63) is 64.2 Å². The first kappa shape index (κ1) is 14.5. The minimum absolute atomic E-state index is 0.0288. The molecule has 6 heteroatoms. The summed E-state index contributed by atoms with van der Waals surface area (Å²) in [6.07, 6.45) is 1.04. The summed E-state index contributed by atoms with van der Waals surface area (Å²) < 4.78 is 1.88. The molecule has 1 amide bonds. The first-order valence-corrected chi connectivity index (χ1v) is 8.63. The lowest BCUT2D eigenvalue weighted by molar-refractivity contribution is 0.0590. The monoisotopic (exact) mass is 334 g/mol. The molecule has 1 saturated heterocycles. The molecule has 2 atom stereocenters. The summed E-state index contributed by atoms with van der Waals surface area (Å²) in [5, 5.41) is 8.05. The molecule has 126 valence electrons. The Labute approximate surface area is 144 Å². The summed E-state index contributed by atoms with van der Waals surface area (Å²) in [6, 6.07) is 13.1. The van der Waals surface area contributed by atoms with Crippen LogP contribution in [0.2, 0.25) is 0 Å². The number of rotatable bonds is 1. The SMILES string of the molecule is O=C(c1n[nH]c2ccccc12)N1CC2CC(C1)c1cccc(=O)n1C2. The van der Waals surface area contributed by atoms with Crippen LogP contribution in [0.5, 0.6) is 0 Å². The fourth-order valence-electron chi connectivity index (χ4n) is 4.34. The molecule has 1 aromatic carbocycles. The molecule has 25 heavy (non-hydrogen) atoms. The maximum absolute atomic E-state index is 13.1. The molecule has 2 aliphatic rings. The molecular formula is C19H18N4O2. The molecule has 1 N–H and O–H groups in total. The fourth-order valence-corrected chi connectivity index (χ4v) is 4.34. The average molecular weight is 334 g/mol. The van der Waals surface area contributed by atoms with E-state index in [0.29, 0.717) is 31.2 Å². The predicted molar refractivity (Wildman–Crippen MR) is 93.5 cm³/mol. The number of para-hydroxylation sites is 1. The summed E-state index contributed by atoms with van der Waals surface area (Å²) in [4.78, 5) is 27.1. The van der Waals surface area contributed by atoms with E-state index < -0.39 is 0 Å². The van der Waals surface area contributed by atoms with Gasteiger partial charge in [0.05, 0.1) is 5.52 Å². The van der Waals surface area contributed by atoms with Gasteiger partial charge >= 0.3 is 0 Å². The molecule has 0 radical (unpaired) electrons. The third-order valence-electron chi connectivity index (χ3n) is 5.44. The van der Waals surface area contributed by atoms with Crippen molar-refractivity contribution < 1.29 is 4.79 Å². The summed E-state index contributed by atoms with van der Waals surface area (Å²) in [5.74, 6) is 0.509. The summed E-state index contributed by atoms with van der Waals surface area (Å²) in [5.41, 5.74) is 2.47. The fraction of sp³-hybridized carbons (Fsp3) is 0.316. The van der Waals surface area contributed by atoms with Crippen LogP contribution in [0, 0.1) is 5.92 Å². The third kappa shape index (κ3) is 2.21. The number of nitrogens with zero attached hydrogens (tertiary/aromatic N) is 3. The second kappa shape index (κ2) is 5.31. The number of hydrogen-bond donors (Lipinski definition) is 1. The van der Waals surface area contributed by atoms with Gasteiger partial charge in [0.2, 0.25) is 0 Å². The molecular weight excluding hydrogens is 316 g/mol. The summed E-state index contributed by atoms with van der Waals surface area (Å²) in [7, 11) is 0. The first-order chi connectivity index (χ1) is 12.2. The predicted octanol–water partition coefficient (Wildman–Crippen LogP) is 1.98. The molecule has 5 rings (SSSR count). The Kier molecular flexibility index (Phi) is 3.07. The summed E-state index contributed by atoms with van der Waals surface area (Å²) >= 11 is 0. The number of piperidine rings is 1. The van der Waals surface area contributed by atoms with E-state index in [1.807, 2.05) is 45.9 Å². The number of likely N-dealkylation sites (tertiary alicyclic amines) is 1. The van der Waals surface area contributed by atoms with E-state index in [9.17, 15) is 9.59 Å². The zero-order chi connectivity index (χ0) is 17.0. The Balaban J connectivity index is 1.49. The Hall–Kier alpha value is -2.89. The Bertz CT molecular complexity index is 1040. The highest BCUT2D eigenvalue weighted by atomic mass is 16.2. The number of aromatic nitrogens is 3. The molecule has 6 nitrogen and oxygen atoms in total. The van der Waals surface area contributed by atoms with Crippen molar-refractivity contribution in [2.45, 2.75) is 18.9 Å². The molecule has 0 aliphatic carbocycles. The Morgan fingerprint density at radius 2 is 1.96 bits per heavy atom. The van der Waals surface area contributed by atoms with Crippen LogP contribution in [0.1, 0.15) is 28.5 Å². The maximum atomic E-state index is 13.1. The Morgan fingerprint density at radius 1 is 1.08 bits per heavy atom. The van der Waals surface area contributed by atoms with Crippen LogP contribution >= 0.6 is 0 Å². The number of pyridine rings is 1. The van der Waals surface area contributed by atoms with Crippen molar-refractivity contribution in [3.63, 3.8) is 0 Å². The van der Waals surface area contributed by atoms with Crippen molar-refractivity contribution >= 4 is 16.8 Å². The second-order valence-corrected chi connectivity index (χ2v) is 7.03. The van der Waals surface area contributed by atoms with Crippen LogP contribution in [-0.2, 0) is 6.54 Å². The molecule has 0 spiro atoms. The molecule has 4 heterocycles. The van der Waals surface area contributed by atoms with Crippen molar-refractivity contribution in [3.8, 4) is 0 Å². The van der Waals surface area contributed by atoms with E-state index in [2.05, 4.69) is 10.2 Å². The largest absolute Gasteiger partial charge is 0.336 e. The van der Waals surface area contributed by atoms with Gasteiger partial charge in [0, 0.05) is 42.7 Å². The number of carbonyl (C=O) groups excluding carboxylic acids is 1.